The molecule has 0 radical (unpaired) electrons. The first-order valence-corrected chi connectivity index (χ1v) is 7.44. The van der Waals surface area contributed by atoms with Crippen molar-refractivity contribution in [2.75, 3.05) is 26.9 Å². The molecule has 0 aliphatic carbocycles. The highest BCUT2D eigenvalue weighted by atomic mass is 16.7. The number of amides is 1. The Morgan fingerprint density at radius 3 is 2.76 bits per heavy atom. The maximum absolute atomic E-state index is 11.9. The molecule has 2 aliphatic heterocycles. The fraction of sp³-hybridized carbons (Fsp3) is 0.857. The summed E-state index contributed by atoms with van der Waals surface area (Å²) in [5, 5.41) is 0. The minimum Gasteiger partial charge on any atom is -0.467 e. The van der Waals surface area contributed by atoms with Gasteiger partial charge in [0.15, 0.2) is 6.29 Å². The molecule has 21 heavy (non-hydrogen) atoms. The Hall–Kier alpha value is -1.34. The second kappa shape index (κ2) is 7.61. The van der Waals surface area contributed by atoms with E-state index in [1.54, 1.807) is 6.92 Å². The predicted molar refractivity (Wildman–Crippen MR) is 72.6 cm³/mol. The van der Waals surface area contributed by atoms with Crippen molar-refractivity contribution < 1.29 is 28.5 Å². The molecule has 2 fully saturated rings. The quantitative estimate of drug-likeness (QED) is 0.729. The van der Waals surface area contributed by atoms with Gasteiger partial charge in [0.05, 0.1) is 26.4 Å². The summed E-state index contributed by atoms with van der Waals surface area (Å²) in [6, 6.07) is -0.650. The number of methoxy groups -OCH3 is 1. The number of carbonyl (C=O) groups is 2. The van der Waals surface area contributed by atoms with E-state index < -0.39 is 18.1 Å². The lowest BCUT2D eigenvalue weighted by Crippen LogP contribution is -2.41. The molecule has 120 valence electrons. The molecule has 7 heteroatoms. The van der Waals surface area contributed by atoms with E-state index in [2.05, 4.69) is 0 Å². The topological polar surface area (TPSA) is 74.3 Å². The number of likely N-dealkylation sites (tertiary alicyclic amines) is 1. The van der Waals surface area contributed by atoms with Gasteiger partial charge in [-0.05, 0) is 26.2 Å². The van der Waals surface area contributed by atoms with E-state index in [9.17, 15) is 9.59 Å². The van der Waals surface area contributed by atoms with E-state index in [0.29, 0.717) is 19.6 Å². The van der Waals surface area contributed by atoms with E-state index in [0.717, 1.165) is 19.3 Å². The first-order valence-electron chi connectivity index (χ1n) is 7.44. The van der Waals surface area contributed by atoms with Gasteiger partial charge in [0.1, 0.15) is 6.04 Å². The van der Waals surface area contributed by atoms with Crippen LogP contribution in [0.4, 0.5) is 4.79 Å². The van der Waals surface area contributed by atoms with Crippen LogP contribution in [0.5, 0.6) is 0 Å². The highest BCUT2D eigenvalue weighted by Crippen LogP contribution is 2.25. The van der Waals surface area contributed by atoms with Crippen LogP contribution < -0.4 is 0 Å². The maximum atomic E-state index is 11.9. The van der Waals surface area contributed by atoms with E-state index in [-0.39, 0.29) is 19.0 Å². The number of hydrogen-bond donors (Lipinski definition) is 0. The molecule has 2 saturated heterocycles. The van der Waals surface area contributed by atoms with Crippen molar-refractivity contribution in [1.29, 1.82) is 0 Å². The monoisotopic (exact) mass is 301 g/mol. The van der Waals surface area contributed by atoms with E-state index in [1.165, 1.54) is 12.0 Å². The molecular weight excluding hydrogens is 278 g/mol. The lowest BCUT2D eigenvalue weighted by Gasteiger charge is -2.25. The summed E-state index contributed by atoms with van der Waals surface area (Å²) in [4.78, 5) is 25.1. The van der Waals surface area contributed by atoms with Crippen LogP contribution in [0.15, 0.2) is 0 Å². The van der Waals surface area contributed by atoms with Gasteiger partial charge in [0.25, 0.3) is 0 Å². The van der Waals surface area contributed by atoms with Crippen LogP contribution in [0, 0.1) is 0 Å². The van der Waals surface area contributed by atoms with Crippen LogP contribution in [0.3, 0.4) is 0 Å². The molecule has 7 nitrogen and oxygen atoms in total. The van der Waals surface area contributed by atoms with E-state index in [4.69, 9.17) is 18.9 Å². The van der Waals surface area contributed by atoms with Crippen molar-refractivity contribution in [2.45, 2.75) is 51.0 Å². The second-order valence-electron chi connectivity index (χ2n) is 5.18. The molecular formula is C14H23NO6. The molecule has 0 aromatic rings. The van der Waals surface area contributed by atoms with Gasteiger partial charge in [-0.3, -0.25) is 4.90 Å². The average molecular weight is 301 g/mol. The van der Waals surface area contributed by atoms with Crippen LogP contribution in [0.2, 0.25) is 0 Å². The SMILES string of the molecule is CCOC(=O)N1C[C@H](OC2CCCCO2)C[C@H]1C(=O)OC. The van der Waals surface area contributed by atoms with Crippen LogP contribution in [-0.4, -0.2) is 62.3 Å². The van der Waals surface area contributed by atoms with Crippen LogP contribution in [0.25, 0.3) is 0 Å². The zero-order valence-electron chi connectivity index (χ0n) is 12.6. The summed E-state index contributed by atoms with van der Waals surface area (Å²) in [5.74, 6) is -0.446. The van der Waals surface area contributed by atoms with Crippen molar-refractivity contribution in [2.24, 2.45) is 0 Å². The maximum Gasteiger partial charge on any atom is 0.410 e. The lowest BCUT2D eigenvalue weighted by atomic mass is 10.2. The molecule has 0 aromatic carbocycles. The first-order chi connectivity index (χ1) is 10.2. The number of esters is 1. The molecule has 2 heterocycles. The van der Waals surface area contributed by atoms with Crippen molar-refractivity contribution in [3.8, 4) is 0 Å². The van der Waals surface area contributed by atoms with Crippen molar-refractivity contribution in [3.05, 3.63) is 0 Å². The minimum absolute atomic E-state index is 0.235. The Bertz CT molecular complexity index is 368. The third kappa shape index (κ3) is 4.07. The van der Waals surface area contributed by atoms with Crippen molar-refractivity contribution in [1.82, 2.24) is 4.90 Å². The molecule has 0 spiro atoms. The largest absolute Gasteiger partial charge is 0.467 e. The zero-order chi connectivity index (χ0) is 15.2. The Morgan fingerprint density at radius 1 is 1.33 bits per heavy atom. The molecule has 2 rings (SSSR count). The Labute approximate surface area is 124 Å². The molecule has 0 saturated carbocycles. The number of hydrogen-bond acceptors (Lipinski definition) is 6. The van der Waals surface area contributed by atoms with Crippen molar-refractivity contribution in [3.63, 3.8) is 0 Å². The van der Waals surface area contributed by atoms with Gasteiger partial charge in [-0.1, -0.05) is 0 Å². The Morgan fingerprint density at radius 2 is 2.14 bits per heavy atom. The summed E-state index contributed by atoms with van der Waals surface area (Å²) in [6.07, 6.45) is 2.38. The number of rotatable bonds is 4. The highest BCUT2D eigenvalue weighted by Gasteiger charge is 2.42. The summed E-state index contributed by atoms with van der Waals surface area (Å²) < 4.78 is 21.1. The van der Waals surface area contributed by atoms with Gasteiger partial charge in [-0.25, -0.2) is 9.59 Å². The third-order valence-corrected chi connectivity index (χ3v) is 3.72. The lowest BCUT2D eigenvalue weighted by molar-refractivity contribution is -0.185. The van der Waals surface area contributed by atoms with Gasteiger partial charge < -0.3 is 18.9 Å². The Balaban J connectivity index is 1.95. The molecule has 3 atom stereocenters. The third-order valence-electron chi connectivity index (χ3n) is 3.72. The first kappa shape index (κ1) is 16.0. The van der Waals surface area contributed by atoms with Crippen LogP contribution in [0.1, 0.15) is 32.6 Å². The van der Waals surface area contributed by atoms with Gasteiger partial charge in [0, 0.05) is 13.0 Å². The van der Waals surface area contributed by atoms with Crippen molar-refractivity contribution >= 4 is 12.1 Å². The average Bonchev–Trinajstić information content (AvgIpc) is 2.91. The fourth-order valence-electron chi connectivity index (χ4n) is 2.70. The van der Waals surface area contributed by atoms with Gasteiger partial charge in [0.2, 0.25) is 0 Å². The standard InChI is InChI=1S/C14H23NO6/c1-3-19-14(17)15-9-10(8-11(15)13(16)18-2)21-12-6-4-5-7-20-12/h10-12H,3-9H2,1-2H3/t10-,11+,12?/m1/s1. The van der Waals surface area contributed by atoms with E-state index in [1.807, 2.05) is 0 Å². The number of ether oxygens (including phenoxy) is 4. The highest BCUT2D eigenvalue weighted by molar-refractivity contribution is 5.82. The van der Waals surface area contributed by atoms with Gasteiger partial charge in [-0.15, -0.1) is 0 Å². The summed E-state index contributed by atoms with van der Waals surface area (Å²) in [5.41, 5.74) is 0. The summed E-state index contributed by atoms with van der Waals surface area (Å²) in [7, 11) is 1.31. The molecule has 0 N–H and O–H groups in total. The van der Waals surface area contributed by atoms with Crippen LogP contribution >= 0.6 is 0 Å². The zero-order valence-corrected chi connectivity index (χ0v) is 12.6. The molecule has 1 amide bonds. The Kier molecular flexibility index (Phi) is 5.81. The molecule has 1 unspecified atom stereocenters. The van der Waals surface area contributed by atoms with Gasteiger partial charge >= 0.3 is 12.1 Å². The fourth-order valence-corrected chi connectivity index (χ4v) is 2.70. The number of carbonyl (C=O) groups excluding carboxylic acids is 2. The molecule has 0 bridgehead atoms. The normalized spacial score (nSPS) is 29.2. The predicted octanol–water partition coefficient (Wildman–Crippen LogP) is 1.30. The van der Waals surface area contributed by atoms with Gasteiger partial charge in [-0.2, -0.15) is 0 Å². The summed E-state index contributed by atoms with van der Waals surface area (Å²) in [6.45, 7) is 3.00. The van der Waals surface area contributed by atoms with E-state index >= 15 is 0 Å². The molecule has 0 aromatic heterocycles. The van der Waals surface area contributed by atoms with Crippen LogP contribution in [-0.2, 0) is 23.7 Å². The minimum atomic E-state index is -0.650. The molecule has 2 aliphatic rings. The summed E-state index contributed by atoms with van der Waals surface area (Å²) >= 11 is 0. The smallest absolute Gasteiger partial charge is 0.410 e. The number of nitrogens with zero attached hydrogens (tertiary/aromatic N) is 1. The second-order valence-corrected chi connectivity index (χ2v) is 5.18.